The van der Waals surface area contributed by atoms with Gasteiger partial charge in [0.2, 0.25) is 0 Å². The molecule has 0 unspecified atom stereocenters. The zero-order valence-corrected chi connectivity index (χ0v) is 7.88. The molecule has 76 valence electrons. The summed E-state index contributed by atoms with van der Waals surface area (Å²) < 4.78 is 0. The topological polar surface area (TPSA) is 63.4 Å². The van der Waals surface area contributed by atoms with Crippen LogP contribution >= 0.6 is 0 Å². The van der Waals surface area contributed by atoms with E-state index in [2.05, 4.69) is 0 Å². The summed E-state index contributed by atoms with van der Waals surface area (Å²) in [5, 5.41) is 20.3. The van der Waals surface area contributed by atoms with Crippen LogP contribution in [0.25, 0.3) is 0 Å². The summed E-state index contributed by atoms with van der Waals surface area (Å²) in [5.41, 5.74) is 1.27. The first-order chi connectivity index (χ1) is 7.18. The number of aliphatic hydroxyl groups excluding tert-OH is 1. The summed E-state index contributed by atoms with van der Waals surface area (Å²) >= 11 is 0. The lowest BCUT2D eigenvalue weighted by molar-refractivity contribution is -0.423. The van der Waals surface area contributed by atoms with Gasteiger partial charge < -0.3 is 5.11 Å². The normalized spacial score (nSPS) is 19.2. The minimum atomic E-state index is -0.548. The summed E-state index contributed by atoms with van der Waals surface area (Å²) in [4.78, 5) is 10.3. The average Bonchev–Trinajstić information content (AvgIpc) is 2.48. The van der Waals surface area contributed by atoms with Crippen molar-refractivity contribution in [2.45, 2.75) is 6.42 Å². The number of hydrogen-bond donors (Lipinski definition) is 1. The number of nitrogens with zero attached hydrogens (tertiary/aromatic N) is 1. The molecule has 0 fully saturated rings. The van der Waals surface area contributed by atoms with E-state index in [1.165, 1.54) is 6.08 Å². The van der Waals surface area contributed by atoms with Gasteiger partial charge in [-0.1, -0.05) is 30.4 Å². The lowest BCUT2D eigenvalue weighted by atomic mass is 10.1. The maximum Gasteiger partial charge on any atom is 0.314 e. The molecule has 0 saturated heterocycles. The van der Waals surface area contributed by atoms with E-state index in [-0.39, 0.29) is 11.5 Å². The number of rotatable bonds is 1. The van der Waals surface area contributed by atoms with Crippen LogP contribution in [0.3, 0.4) is 0 Å². The van der Waals surface area contributed by atoms with Crippen LogP contribution in [-0.4, -0.2) is 10.0 Å². The lowest BCUT2D eigenvalue weighted by Gasteiger charge is -2.01. The number of allylic oxidation sites excluding steroid dienone is 8. The molecular formula is C11H9NO3. The van der Waals surface area contributed by atoms with E-state index in [1.54, 1.807) is 18.2 Å². The first-order valence-electron chi connectivity index (χ1n) is 4.51. The van der Waals surface area contributed by atoms with Crippen molar-refractivity contribution >= 4 is 0 Å². The Hall–Kier alpha value is -2.10. The SMILES string of the molecule is O=[N+]([O-])C1=C(O)C=CC2=CC=CC=C1C2. The fourth-order valence-electron chi connectivity index (χ4n) is 1.61. The van der Waals surface area contributed by atoms with Crippen LogP contribution in [-0.2, 0) is 0 Å². The highest BCUT2D eigenvalue weighted by atomic mass is 16.6. The Morgan fingerprint density at radius 1 is 1.27 bits per heavy atom. The van der Waals surface area contributed by atoms with Gasteiger partial charge in [-0.3, -0.25) is 10.1 Å². The highest BCUT2D eigenvalue weighted by molar-refractivity contribution is 5.46. The first kappa shape index (κ1) is 9.45. The fraction of sp³-hybridized carbons (Fsp3) is 0.0909. The van der Waals surface area contributed by atoms with Crippen molar-refractivity contribution in [3.8, 4) is 0 Å². The Bertz CT molecular complexity index is 464. The zero-order valence-electron chi connectivity index (χ0n) is 7.88. The van der Waals surface area contributed by atoms with Gasteiger partial charge in [0.25, 0.3) is 0 Å². The smallest absolute Gasteiger partial charge is 0.314 e. The van der Waals surface area contributed by atoms with E-state index in [9.17, 15) is 15.2 Å². The van der Waals surface area contributed by atoms with Crippen LogP contribution in [0.2, 0.25) is 0 Å². The Balaban J connectivity index is 2.59. The third-order valence-electron chi connectivity index (χ3n) is 2.30. The standard InChI is InChI=1S/C11H9NO3/c13-10-6-5-8-3-1-2-4-9(7-8)11(10)12(14)15/h1-6,13H,7H2. The van der Waals surface area contributed by atoms with Crippen molar-refractivity contribution in [2.75, 3.05) is 0 Å². The zero-order chi connectivity index (χ0) is 10.8. The second-order valence-corrected chi connectivity index (χ2v) is 3.32. The molecule has 4 nitrogen and oxygen atoms in total. The average molecular weight is 203 g/mol. The quantitative estimate of drug-likeness (QED) is 0.525. The summed E-state index contributed by atoms with van der Waals surface area (Å²) in [6.45, 7) is 0. The molecule has 0 atom stereocenters. The summed E-state index contributed by atoms with van der Waals surface area (Å²) in [6.07, 6.45) is 10.6. The minimum absolute atomic E-state index is 0.207. The molecule has 2 bridgehead atoms. The van der Waals surface area contributed by atoms with E-state index in [0.29, 0.717) is 12.0 Å². The summed E-state index contributed by atoms with van der Waals surface area (Å²) in [5.74, 6) is -0.287. The van der Waals surface area contributed by atoms with Gasteiger partial charge in [0.05, 0.1) is 4.92 Å². The van der Waals surface area contributed by atoms with Gasteiger partial charge in [0.15, 0.2) is 5.76 Å². The molecule has 15 heavy (non-hydrogen) atoms. The Kier molecular flexibility index (Phi) is 2.25. The molecule has 2 aliphatic carbocycles. The predicted octanol–water partition coefficient (Wildman–Crippen LogP) is 2.42. The van der Waals surface area contributed by atoms with E-state index < -0.39 is 4.92 Å². The van der Waals surface area contributed by atoms with Crippen molar-refractivity contribution in [3.63, 3.8) is 0 Å². The molecule has 1 N–H and O–H groups in total. The van der Waals surface area contributed by atoms with Crippen LogP contribution in [0.4, 0.5) is 0 Å². The number of aliphatic hydroxyl groups is 1. The predicted molar refractivity (Wildman–Crippen MR) is 55.7 cm³/mol. The fourth-order valence-corrected chi connectivity index (χ4v) is 1.61. The lowest BCUT2D eigenvalue weighted by Crippen LogP contribution is -2.04. The molecule has 2 aliphatic rings. The van der Waals surface area contributed by atoms with Crippen molar-refractivity contribution < 1.29 is 10.0 Å². The van der Waals surface area contributed by atoms with Gasteiger partial charge in [0.1, 0.15) is 0 Å². The van der Waals surface area contributed by atoms with Crippen LogP contribution in [0, 0.1) is 10.1 Å². The van der Waals surface area contributed by atoms with Crippen molar-refractivity contribution in [2.24, 2.45) is 0 Å². The number of hydrogen-bond acceptors (Lipinski definition) is 3. The van der Waals surface area contributed by atoms with Crippen molar-refractivity contribution in [3.05, 3.63) is 69.2 Å². The maximum atomic E-state index is 10.8. The highest BCUT2D eigenvalue weighted by Crippen LogP contribution is 2.28. The van der Waals surface area contributed by atoms with Gasteiger partial charge >= 0.3 is 5.70 Å². The van der Waals surface area contributed by atoms with Crippen LogP contribution in [0.5, 0.6) is 0 Å². The van der Waals surface area contributed by atoms with Gasteiger partial charge in [-0.25, -0.2) is 0 Å². The van der Waals surface area contributed by atoms with Gasteiger partial charge in [-0.15, -0.1) is 0 Å². The molecule has 4 heteroatoms. The second-order valence-electron chi connectivity index (χ2n) is 3.32. The molecule has 0 aromatic carbocycles. The van der Waals surface area contributed by atoms with E-state index >= 15 is 0 Å². The summed E-state index contributed by atoms with van der Waals surface area (Å²) in [6, 6.07) is 0. The van der Waals surface area contributed by atoms with Crippen LogP contribution < -0.4 is 0 Å². The molecule has 2 rings (SSSR count). The first-order valence-corrected chi connectivity index (χ1v) is 4.51. The van der Waals surface area contributed by atoms with Crippen LogP contribution in [0.1, 0.15) is 6.42 Å². The molecular weight excluding hydrogens is 194 g/mol. The number of fused-ring (bicyclic) bond motifs is 2. The Morgan fingerprint density at radius 2 is 2.00 bits per heavy atom. The van der Waals surface area contributed by atoms with Crippen molar-refractivity contribution in [1.29, 1.82) is 0 Å². The van der Waals surface area contributed by atoms with Gasteiger partial charge in [-0.2, -0.15) is 0 Å². The molecule has 0 amide bonds. The highest BCUT2D eigenvalue weighted by Gasteiger charge is 2.25. The molecule has 0 heterocycles. The third-order valence-corrected chi connectivity index (χ3v) is 2.30. The second kappa shape index (κ2) is 3.57. The van der Waals surface area contributed by atoms with Crippen LogP contribution in [0.15, 0.2) is 59.1 Å². The Labute approximate surface area is 86.4 Å². The van der Waals surface area contributed by atoms with E-state index in [0.717, 1.165) is 5.57 Å². The monoisotopic (exact) mass is 203 g/mol. The maximum absolute atomic E-state index is 10.8. The molecule has 0 saturated carbocycles. The Morgan fingerprint density at radius 3 is 2.73 bits per heavy atom. The molecule has 0 aromatic rings. The molecule has 0 aliphatic heterocycles. The number of nitro groups is 1. The van der Waals surface area contributed by atoms with E-state index in [1.807, 2.05) is 12.2 Å². The largest absolute Gasteiger partial charge is 0.502 e. The summed E-state index contributed by atoms with van der Waals surface area (Å²) in [7, 11) is 0. The van der Waals surface area contributed by atoms with Gasteiger partial charge in [-0.05, 0) is 11.6 Å². The van der Waals surface area contributed by atoms with Crippen molar-refractivity contribution in [1.82, 2.24) is 0 Å². The van der Waals surface area contributed by atoms with Gasteiger partial charge in [0, 0.05) is 12.0 Å². The van der Waals surface area contributed by atoms with E-state index in [4.69, 9.17) is 0 Å². The molecule has 0 radical (unpaired) electrons. The third kappa shape index (κ3) is 1.74. The molecule has 0 aromatic heterocycles. The molecule has 0 spiro atoms. The minimum Gasteiger partial charge on any atom is -0.502 e.